The summed E-state index contributed by atoms with van der Waals surface area (Å²) in [4.78, 5) is 27.0. The molecule has 1 N–H and O–H groups in total. The van der Waals surface area contributed by atoms with Gasteiger partial charge in [0.25, 0.3) is 11.7 Å². The highest BCUT2D eigenvalue weighted by atomic mass is 19.1. The Hall–Kier alpha value is -3.67. The lowest BCUT2D eigenvalue weighted by molar-refractivity contribution is -0.140. The molecule has 0 aliphatic carbocycles. The van der Waals surface area contributed by atoms with Crippen LogP contribution >= 0.6 is 0 Å². The Balaban J connectivity index is 1.86. The summed E-state index contributed by atoms with van der Waals surface area (Å²) in [6.07, 6.45) is 1.48. The second kappa shape index (κ2) is 7.39. The van der Waals surface area contributed by atoms with Crippen LogP contribution in [0.5, 0.6) is 0 Å². The lowest BCUT2D eigenvalue weighted by atomic mass is 9.95. The molecular weight excluding hydrogens is 373 g/mol. The predicted molar refractivity (Wildman–Crippen MR) is 104 cm³/mol. The van der Waals surface area contributed by atoms with E-state index in [0.29, 0.717) is 16.9 Å². The number of nitrogens with zero attached hydrogens (tertiary/aromatic N) is 1. The normalized spacial score (nSPS) is 18.4. The summed E-state index contributed by atoms with van der Waals surface area (Å²) in [6, 6.07) is 15.0. The number of aliphatic hydroxyl groups is 1. The second-order valence-electron chi connectivity index (χ2n) is 6.92. The molecule has 146 valence electrons. The van der Waals surface area contributed by atoms with Crippen LogP contribution in [0.3, 0.4) is 0 Å². The Morgan fingerprint density at radius 1 is 1.07 bits per heavy atom. The fraction of sp³-hybridized carbons (Fsp3) is 0.130. The lowest BCUT2D eigenvalue weighted by Crippen LogP contribution is -2.29. The van der Waals surface area contributed by atoms with Gasteiger partial charge in [0, 0.05) is 5.56 Å². The van der Waals surface area contributed by atoms with Crippen molar-refractivity contribution in [3.05, 3.63) is 101 Å². The Kier molecular flexibility index (Phi) is 4.76. The number of likely N-dealkylation sites (tertiary alicyclic amines) is 1. The fourth-order valence-electron chi connectivity index (χ4n) is 3.47. The molecule has 4 rings (SSSR count). The largest absolute Gasteiger partial charge is 0.507 e. The van der Waals surface area contributed by atoms with Crippen LogP contribution in [-0.4, -0.2) is 21.7 Å². The van der Waals surface area contributed by atoms with E-state index in [1.165, 1.54) is 35.4 Å². The van der Waals surface area contributed by atoms with Crippen LogP contribution in [0.15, 0.2) is 76.9 Å². The van der Waals surface area contributed by atoms with Gasteiger partial charge in [-0.05, 0) is 36.8 Å². The highest BCUT2D eigenvalue weighted by Crippen LogP contribution is 2.40. The maximum Gasteiger partial charge on any atom is 0.296 e. The molecule has 1 fully saturated rings. The number of amides is 1. The van der Waals surface area contributed by atoms with E-state index < -0.39 is 23.5 Å². The zero-order chi connectivity index (χ0) is 20.5. The first kappa shape index (κ1) is 18.7. The molecule has 0 saturated carbocycles. The quantitative estimate of drug-likeness (QED) is 0.408. The van der Waals surface area contributed by atoms with Crippen LogP contribution in [0.1, 0.15) is 28.5 Å². The molecule has 0 spiro atoms. The number of halogens is 1. The summed E-state index contributed by atoms with van der Waals surface area (Å²) >= 11 is 0. The Morgan fingerprint density at radius 2 is 1.76 bits per heavy atom. The van der Waals surface area contributed by atoms with Crippen molar-refractivity contribution in [2.75, 3.05) is 0 Å². The van der Waals surface area contributed by atoms with Crippen molar-refractivity contribution < 1.29 is 23.5 Å². The number of aliphatic hydroxyl groups excluding tert-OH is 1. The molecule has 1 atom stereocenters. The van der Waals surface area contributed by atoms with Crippen molar-refractivity contribution in [3.63, 3.8) is 0 Å². The molecule has 1 saturated heterocycles. The topological polar surface area (TPSA) is 70.8 Å². The van der Waals surface area contributed by atoms with E-state index in [4.69, 9.17) is 4.42 Å². The van der Waals surface area contributed by atoms with E-state index in [9.17, 15) is 19.1 Å². The van der Waals surface area contributed by atoms with Gasteiger partial charge in [0.1, 0.15) is 17.3 Å². The number of furan rings is 1. The molecule has 0 bridgehead atoms. The molecular formula is C23H18FNO4. The highest BCUT2D eigenvalue weighted by Gasteiger charge is 2.46. The molecule has 0 radical (unpaired) electrons. The van der Waals surface area contributed by atoms with Crippen LogP contribution in [0.2, 0.25) is 0 Å². The van der Waals surface area contributed by atoms with E-state index >= 15 is 0 Å². The molecule has 29 heavy (non-hydrogen) atoms. The zero-order valence-electron chi connectivity index (χ0n) is 15.6. The second-order valence-corrected chi connectivity index (χ2v) is 6.92. The van der Waals surface area contributed by atoms with Gasteiger partial charge in [-0.1, -0.05) is 42.0 Å². The number of aryl methyl sites for hydroxylation is 1. The van der Waals surface area contributed by atoms with E-state index in [1.54, 1.807) is 36.4 Å². The van der Waals surface area contributed by atoms with Gasteiger partial charge in [-0.15, -0.1) is 0 Å². The molecule has 1 amide bonds. The SMILES string of the molecule is Cc1ccc(C(O)=C2C(=O)C(=O)N(Cc3ccco3)[C@H]2c2ccc(F)cc2)cc1. The van der Waals surface area contributed by atoms with Crippen LogP contribution < -0.4 is 0 Å². The van der Waals surface area contributed by atoms with Gasteiger partial charge in [0.05, 0.1) is 24.4 Å². The minimum atomic E-state index is -0.859. The van der Waals surface area contributed by atoms with Gasteiger partial charge < -0.3 is 14.4 Å². The first-order valence-electron chi connectivity index (χ1n) is 9.09. The van der Waals surface area contributed by atoms with Crippen molar-refractivity contribution in [1.29, 1.82) is 0 Å². The Bertz CT molecular complexity index is 1080. The maximum atomic E-state index is 13.5. The van der Waals surface area contributed by atoms with E-state index in [2.05, 4.69) is 0 Å². The van der Waals surface area contributed by atoms with Gasteiger partial charge in [-0.2, -0.15) is 0 Å². The van der Waals surface area contributed by atoms with Crippen molar-refractivity contribution in [2.45, 2.75) is 19.5 Å². The van der Waals surface area contributed by atoms with E-state index in [-0.39, 0.29) is 17.9 Å². The molecule has 5 nitrogen and oxygen atoms in total. The third-order valence-corrected chi connectivity index (χ3v) is 4.96. The molecule has 3 aromatic rings. The Morgan fingerprint density at radius 3 is 2.38 bits per heavy atom. The van der Waals surface area contributed by atoms with Crippen molar-refractivity contribution in [2.24, 2.45) is 0 Å². The van der Waals surface area contributed by atoms with Crippen molar-refractivity contribution >= 4 is 17.4 Å². The molecule has 1 aliphatic rings. The lowest BCUT2D eigenvalue weighted by Gasteiger charge is -2.24. The monoisotopic (exact) mass is 391 g/mol. The van der Waals surface area contributed by atoms with Gasteiger partial charge in [0.15, 0.2) is 0 Å². The first-order chi connectivity index (χ1) is 14.0. The van der Waals surface area contributed by atoms with Crippen LogP contribution in [0.4, 0.5) is 4.39 Å². The number of Topliss-reactive ketones (excluding diaryl/α,β-unsaturated/α-hetero) is 1. The number of benzene rings is 2. The fourth-order valence-corrected chi connectivity index (χ4v) is 3.47. The smallest absolute Gasteiger partial charge is 0.296 e. The van der Waals surface area contributed by atoms with Crippen LogP contribution in [0.25, 0.3) is 5.76 Å². The molecule has 2 aromatic carbocycles. The molecule has 2 heterocycles. The van der Waals surface area contributed by atoms with Gasteiger partial charge in [-0.3, -0.25) is 9.59 Å². The third kappa shape index (κ3) is 3.45. The third-order valence-electron chi connectivity index (χ3n) is 4.96. The molecule has 6 heteroatoms. The summed E-state index contributed by atoms with van der Waals surface area (Å²) in [7, 11) is 0. The molecule has 0 unspecified atom stereocenters. The zero-order valence-corrected chi connectivity index (χ0v) is 15.6. The number of carbonyl (C=O) groups excluding carboxylic acids is 2. The maximum absolute atomic E-state index is 13.5. The van der Waals surface area contributed by atoms with E-state index in [0.717, 1.165) is 5.56 Å². The number of rotatable bonds is 4. The number of hydrogen-bond donors (Lipinski definition) is 1. The highest BCUT2D eigenvalue weighted by molar-refractivity contribution is 6.46. The number of ketones is 1. The summed E-state index contributed by atoms with van der Waals surface area (Å²) in [5.74, 6) is -1.74. The average Bonchev–Trinajstić information content (AvgIpc) is 3.31. The predicted octanol–water partition coefficient (Wildman–Crippen LogP) is 4.35. The van der Waals surface area contributed by atoms with Crippen LogP contribution in [0, 0.1) is 12.7 Å². The summed E-state index contributed by atoms with van der Waals surface area (Å²) in [5.41, 5.74) is 1.91. The molecule has 1 aliphatic heterocycles. The van der Waals surface area contributed by atoms with E-state index in [1.807, 2.05) is 6.92 Å². The number of hydrogen-bond acceptors (Lipinski definition) is 4. The van der Waals surface area contributed by atoms with Crippen molar-refractivity contribution in [1.82, 2.24) is 4.90 Å². The van der Waals surface area contributed by atoms with Gasteiger partial charge in [-0.25, -0.2) is 4.39 Å². The molecule has 1 aromatic heterocycles. The average molecular weight is 391 g/mol. The minimum absolute atomic E-state index is 0.0305. The van der Waals surface area contributed by atoms with Gasteiger partial charge in [0.2, 0.25) is 0 Å². The minimum Gasteiger partial charge on any atom is -0.507 e. The standard InChI is InChI=1S/C23H18FNO4/c1-14-4-6-16(7-5-14)21(26)19-20(15-8-10-17(24)11-9-15)25(23(28)22(19)27)13-18-3-2-12-29-18/h2-12,20,26H,13H2,1H3/t20-/m0/s1. The van der Waals surface area contributed by atoms with Crippen LogP contribution in [-0.2, 0) is 16.1 Å². The Labute approximate surface area is 166 Å². The van der Waals surface area contributed by atoms with Gasteiger partial charge >= 0.3 is 0 Å². The summed E-state index contributed by atoms with van der Waals surface area (Å²) in [5, 5.41) is 10.9. The van der Waals surface area contributed by atoms with Crippen molar-refractivity contribution in [3.8, 4) is 0 Å². The number of carbonyl (C=O) groups is 2. The summed E-state index contributed by atoms with van der Waals surface area (Å²) in [6.45, 7) is 1.95. The first-order valence-corrected chi connectivity index (χ1v) is 9.09. The summed E-state index contributed by atoms with van der Waals surface area (Å²) < 4.78 is 18.8.